The van der Waals surface area contributed by atoms with Crippen LogP contribution >= 0.6 is 11.6 Å². The van der Waals surface area contributed by atoms with Crippen molar-refractivity contribution in [2.24, 2.45) is 0 Å². The molecule has 0 aliphatic carbocycles. The smallest absolute Gasteiger partial charge is 0.265 e. The Hall–Kier alpha value is -2.86. The summed E-state index contributed by atoms with van der Waals surface area (Å²) in [5.74, 6) is 0.699. The summed E-state index contributed by atoms with van der Waals surface area (Å²) in [4.78, 5) is 12.4. The molecule has 1 atom stereocenters. The fraction of sp³-hybridized carbons (Fsp3) is 0.167. The Labute approximate surface area is 149 Å². The quantitative estimate of drug-likeness (QED) is 0.743. The van der Waals surface area contributed by atoms with E-state index in [1.165, 1.54) is 6.39 Å². The summed E-state index contributed by atoms with van der Waals surface area (Å²) in [7, 11) is 0. The third-order valence-corrected chi connectivity index (χ3v) is 3.85. The highest BCUT2D eigenvalue weighted by molar-refractivity contribution is 6.30. The minimum absolute atomic E-state index is 0.263. The monoisotopic (exact) mass is 357 g/mol. The van der Waals surface area contributed by atoms with Crippen molar-refractivity contribution < 1.29 is 13.9 Å². The number of hydrogen-bond donors (Lipinski definition) is 1. The van der Waals surface area contributed by atoms with Crippen molar-refractivity contribution in [1.82, 2.24) is 10.2 Å². The van der Waals surface area contributed by atoms with E-state index in [0.29, 0.717) is 22.4 Å². The van der Waals surface area contributed by atoms with Crippen molar-refractivity contribution in [2.45, 2.75) is 20.0 Å². The topological polar surface area (TPSA) is 77.3 Å². The van der Waals surface area contributed by atoms with Gasteiger partial charge in [0.25, 0.3) is 5.91 Å². The van der Waals surface area contributed by atoms with Gasteiger partial charge in [-0.2, -0.15) is 0 Å². The highest BCUT2D eigenvalue weighted by Crippen LogP contribution is 2.24. The number of nitrogens with one attached hydrogen (secondary N) is 1. The zero-order chi connectivity index (χ0) is 17.8. The lowest BCUT2D eigenvalue weighted by atomic mass is 10.1. The number of amides is 1. The van der Waals surface area contributed by atoms with Crippen LogP contribution in [-0.2, 0) is 4.79 Å². The lowest BCUT2D eigenvalue weighted by Gasteiger charge is -2.16. The van der Waals surface area contributed by atoms with Crippen molar-refractivity contribution in [3.8, 4) is 17.2 Å². The van der Waals surface area contributed by atoms with E-state index in [9.17, 15) is 4.79 Å². The van der Waals surface area contributed by atoms with Gasteiger partial charge >= 0.3 is 0 Å². The number of ether oxygens (including phenoxy) is 1. The second-order valence-electron chi connectivity index (χ2n) is 5.48. The van der Waals surface area contributed by atoms with Crippen LogP contribution in [0.5, 0.6) is 5.75 Å². The van der Waals surface area contributed by atoms with E-state index in [-0.39, 0.29) is 5.91 Å². The van der Waals surface area contributed by atoms with E-state index >= 15 is 0 Å². The van der Waals surface area contributed by atoms with E-state index in [2.05, 4.69) is 15.5 Å². The van der Waals surface area contributed by atoms with Crippen LogP contribution < -0.4 is 10.1 Å². The number of benzene rings is 2. The number of aryl methyl sites for hydroxylation is 1. The average Bonchev–Trinajstić information content (AvgIpc) is 3.13. The highest BCUT2D eigenvalue weighted by atomic mass is 35.5. The first-order valence-corrected chi connectivity index (χ1v) is 8.01. The van der Waals surface area contributed by atoms with Gasteiger partial charge in [-0.25, -0.2) is 0 Å². The normalized spacial score (nSPS) is 11.8. The van der Waals surface area contributed by atoms with Crippen molar-refractivity contribution in [2.75, 3.05) is 5.32 Å². The first kappa shape index (κ1) is 17.0. The average molecular weight is 358 g/mol. The van der Waals surface area contributed by atoms with E-state index < -0.39 is 6.10 Å². The summed E-state index contributed by atoms with van der Waals surface area (Å²) in [5, 5.41) is 11.0. The predicted molar refractivity (Wildman–Crippen MR) is 94.6 cm³/mol. The number of carbonyl (C=O) groups excluding carboxylic acids is 1. The fourth-order valence-corrected chi connectivity index (χ4v) is 2.32. The molecule has 1 heterocycles. The summed E-state index contributed by atoms with van der Waals surface area (Å²) in [6.45, 7) is 3.58. The van der Waals surface area contributed by atoms with Crippen molar-refractivity contribution in [3.05, 3.63) is 59.4 Å². The maximum atomic E-state index is 12.4. The zero-order valence-electron chi connectivity index (χ0n) is 13.7. The van der Waals surface area contributed by atoms with Gasteiger partial charge in [0, 0.05) is 16.3 Å². The number of anilines is 1. The van der Waals surface area contributed by atoms with Crippen LogP contribution in [0.3, 0.4) is 0 Å². The van der Waals surface area contributed by atoms with Gasteiger partial charge in [0.2, 0.25) is 12.3 Å². The SMILES string of the molecule is Cc1ccc(-c2nnco2)cc1NC(=O)C(C)Oc1ccc(Cl)cc1. The molecule has 3 rings (SSSR count). The molecule has 0 saturated heterocycles. The molecule has 2 aromatic carbocycles. The largest absolute Gasteiger partial charge is 0.481 e. The minimum Gasteiger partial charge on any atom is -0.481 e. The number of halogens is 1. The Morgan fingerprint density at radius 3 is 2.68 bits per heavy atom. The lowest BCUT2D eigenvalue weighted by molar-refractivity contribution is -0.122. The summed E-state index contributed by atoms with van der Waals surface area (Å²) in [6.07, 6.45) is 0.586. The van der Waals surface area contributed by atoms with Gasteiger partial charge in [-0.3, -0.25) is 4.79 Å². The van der Waals surface area contributed by atoms with Crippen LogP contribution in [0.2, 0.25) is 5.02 Å². The van der Waals surface area contributed by atoms with Crippen LogP contribution in [0.1, 0.15) is 12.5 Å². The standard InChI is InChI=1S/C18H16ClN3O3/c1-11-3-4-13(18-22-20-10-24-18)9-16(11)21-17(23)12(2)25-15-7-5-14(19)6-8-15/h3-10,12H,1-2H3,(H,21,23). The Kier molecular flexibility index (Phi) is 5.00. The molecule has 1 amide bonds. The van der Waals surface area contributed by atoms with Gasteiger partial charge in [0.15, 0.2) is 6.10 Å². The number of aromatic nitrogens is 2. The molecule has 0 aliphatic heterocycles. The highest BCUT2D eigenvalue weighted by Gasteiger charge is 2.16. The molecule has 0 radical (unpaired) electrons. The second kappa shape index (κ2) is 7.36. The molecule has 0 aliphatic rings. The Balaban J connectivity index is 1.71. The molecular weight excluding hydrogens is 342 g/mol. The molecule has 0 saturated carbocycles. The summed E-state index contributed by atoms with van der Waals surface area (Å²) in [5.41, 5.74) is 2.30. The van der Waals surface area contributed by atoms with Gasteiger partial charge < -0.3 is 14.5 Å². The van der Waals surface area contributed by atoms with Crippen LogP contribution in [0.25, 0.3) is 11.5 Å². The molecule has 6 nitrogen and oxygen atoms in total. The minimum atomic E-state index is -0.673. The van der Waals surface area contributed by atoms with Gasteiger partial charge in [-0.05, 0) is 55.8 Å². The third kappa shape index (κ3) is 4.16. The van der Waals surface area contributed by atoms with Gasteiger partial charge in [0.1, 0.15) is 5.75 Å². The van der Waals surface area contributed by atoms with Crippen molar-refractivity contribution in [3.63, 3.8) is 0 Å². The maximum Gasteiger partial charge on any atom is 0.265 e. The number of nitrogens with zero attached hydrogens (tertiary/aromatic N) is 2. The predicted octanol–water partition coefficient (Wildman–Crippen LogP) is 4.10. The van der Waals surface area contributed by atoms with Crippen LogP contribution in [0.15, 0.2) is 53.3 Å². The van der Waals surface area contributed by atoms with Gasteiger partial charge in [0.05, 0.1) is 0 Å². The van der Waals surface area contributed by atoms with Crippen LogP contribution in [-0.4, -0.2) is 22.2 Å². The van der Waals surface area contributed by atoms with Gasteiger partial charge in [-0.15, -0.1) is 10.2 Å². The van der Waals surface area contributed by atoms with E-state index in [0.717, 1.165) is 11.1 Å². The van der Waals surface area contributed by atoms with Crippen LogP contribution in [0.4, 0.5) is 5.69 Å². The first-order valence-electron chi connectivity index (χ1n) is 7.63. The molecule has 1 unspecified atom stereocenters. The molecule has 0 bridgehead atoms. The molecular formula is C18H16ClN3O3. The molecule has 128 valence electrons. The van der Waals surface area contributed by atoms with Gasteiger partial charge in [-0.1, -0.05) is 17.7 Å². The summed E-state index contributed by atoms with van der Waals surface area (Å²) in [6, 6.07) is 12.4. The fourth-order valence-electron chi connectivity index (χ4n) is 2.19. The van der Waals surface area contributed by atoms with E-state index in [1.807, 2.05) is 19.1 Å². The zero-order valence-corrected chi connectivity index (χ0v) is 14.4. The third-order valence-electron chi connectivity index (χ3n) is 3.60. The lowest BCUT2D eigenvalue weighted by Crippen LogP contribution is -2.30. The Morgan fingerprint density at radius 2 is 2.00 bits per heavy atom. The summed E-state index contributed by atoms with van der Waals surface area (Å²) >= 11 is 5.84. The van der Waals surface area contributed by atoms with Crippen molar-refractivity contribution in [1.29, 1.82) is 0 Å². The Bertz CT molecular complexity index is 864. The molecule has 1 N–H and O–H groups in total. The maximum absolute atomic E-state index is 12.4. The molecule has 0 fully saturated rings. The first-order chi connectivity index (χ1) is 12.0. The Morgan fingerprint density at radius 1 is 1.24 bits per heavy atom. The second-order valence-corrected chi connectivity index (χ2v) is 5.91. The number of rotatable bonds is 5. The molecule has 1 aromatic heterocycles. The summed E-state index contributed by atoms with van der Waals surface area (Å²) < 4.78 is 10.8. The molecule has 0 spiro atoms. The van der Waals surface area contributed by atoms with Crippen molar-refractivity contribution >= 4 is 23.2 Å². The molecule has 7 heteroatoms. The number of hydrogen-bond acceptors (Lipinski definition) is 5. The van der Waals surface area contributed by atoms with Crippen LogP contribution in [0, 0.1) is 6.92 Å². The molecule has 25 heavy (non-hydrogen) atoms. The number of carbonyl (C=O) groups is 1. The van der Waals surface area contributed by atoms with E-state index in [4.69, 9.17) is 20.8 Å². The molecule has 3 aromatic rings. The van der Waals surface area contributed by atoms with E-state index in [1.54, 1.807) is 37.3 Å².